The highest BCUT2D eigenvalue weighted by molar-refractivity contribution is 8.02. The van der Waals surface area contributed by atoms with Crippen molar-refractivity contribution in [3.63, 3.8) is 0 Å². The Morgan fingerprint density at radius 2 is 2.26 bits per heavy atom. The first-order valence-corrected chi connectivity index (χ1v) is 8.35. The number of nitrogens with zero attached hydrogens (tertiary/aromatic N) is 3. The van der Waals surface area contributed by atoms with Crippen molar-refractivity contribution < 1.29 is 4.79 Å². The summed E-state index contributed by atoms with van der Waals surface area (Å²) in [7, 11) is 0. The van der Waals surface area contributed by atoms with E-state index in [1.165, 1.54) is 34.4 Å². The highest BCUT2D eigenvalue weighted by Crippen LogP contribution is 2.29. The van der Waals surface area contributed by atoms with Gasteiger partial charge in [0.05, 0.1) is 10.9 Å². The summed E-state index contributed by atoms with van der Waals surface area (Å²) < 4.78 is 0.829. The molecule has 102 valence electrons. The van der Waals surface area contributed by atoms with Gasteiger partial charge in [-0.2, -0.15) is 0 Å². The van der Waals surface area contributed by atoms with Crippen LogP contribution in [0, 0.1) is 13.8 Å². The molecule has 5 nitrogen and oxygen atoms in total. The summed E-state index contributed by atoms with van der Waals surface area (Å²) in [6.45, 7) is 5.79. The van der Waals surface area contributed by atoms with Crippen LogP contribution in [0.25, 0.3) is 0 Å². The number of carbonyl (C=O) groups excluding carboxylic acids is 1. The van der Waals surface area contributed by atoms with Crippen molar-refractivity contribution in [3.05, 3.63) is 16.1 Å². The molecule has 1 N–H and O–H groups in total. The Balaban J connectivity index is 1.98. The highest BCUT2D eigenvalue weighted by Gasteiger charge is 2.20. The van der Waals surface area contributed by atoms with E-state index in [1.807, 2.05) is 26.2 Å². The van der Waals surface area contributed by atoms with Gasteiger partial charge in [0.25, 0.3) is 0 Å². The van der Waals surface area contributed by atoms with E-state index in [-0.39, 0.29) is 11.2 Å². The Morgan fingerprint density at radius 3 is 2.79 bits per heavy atom. The Morgan fingerprint density at radius 1 is 1.47 bits per heavy atom. The van der Waals surface area contributed by atoms with Crippen LogP contribution in [0.2, 0.25) is 0 Å². The summed E-state index contributed by atoms with van der Waals surface area (Å²) in [6, 6.07) is 0. The number of amides is 1. The molecule has 0 aliphatic heterocycles. The number of hydrogen-bond acceptors (Lipinski definition) is 7. The Hall–Kier alpha value is -0.990. The van der Waals surface area contributed by atoms with E-state index < -0.39 is 0 Å². The molecule has 1 amide bonds. The topological polar surface area (TPSA) is 67.8 Å². The third-order valence-electron chi connectivity index (χ3n) is 2.26. The van der Waals surface area contributed by atoms with Crippen LogP contribution >= 0.6 is 34.4 Å². The number of rotatable bonds is 5. The van der Waals surface area contributed by atoms with Gasteiger partial charge in [0.15, 0.2) is 9.47 Å². The van der Waals surface area contributed by atoms with Crippen LogP contribution in [0.5, 0.6) is 0 Å². The first-order chi connectivity index (χ1) is 9.08. The standard InChI is InChI=1S/C11H14N4OS3/c1-4-8(19-11-15-14-7(3)18-11)9(16)13-10-12-6(2)5-17-10/h5,8H,4H2,1-3H3,(H,12,13,16). The maximum absolute atomic E-state index is 12.2. The molecular formula is C11H14N4OS3. The van der Waals surface area contributed by atoms with E-state index in [1.54, 1.807) is 0 Å². The van der Waals surface area contributed by atoms with Crippen molar-refractivity contribution in [2.24, 2.45) is 0 Å². The van der Waals surface area contributed by atoms with E-state index in [4.69, 9.17) is 0 Å². The predicted molar refractivity (Wildman–Crippen MR) is 80.1 cm³/mol. The molecule has 0 fully saturated rings. The van der Waals surface area contributed by atoms with Crippen LogP contribution < -0.4 is 5.32 Å². The minimum absolute atomic E-state index is 0.0327. The van der Waals surface area contributed by atoms with Gasteiger partial charge >= 0.3 is 0 Å². The average Bonchev–Trinajstić information content (AvgIpc) is 2.95. The van der Waals surface area contributed by atoms with E-state index in [0.29, 0.717) is 5.13 Å². The summed E-state index contributed by atoms with van der Waals surface area (Å²) in [5.41, 5.74) is 0.917. The molecule has 0 radical (unpaired) electrons. The molecule has 0 spiro atoms. The van der Waals surface area contributed by atoms with Crippen molar-refractivity contribution in [2.45, 2.75) is 36.8 Å². The Bertz CT molecular complexity index is 566. The zero-order valence-electron chi connectivity index (χ0n) is 10.8. The smallest absolute Gasteiger partial charge is 0.239 e. The molecule has 0 bridgehead atoms. The van der Waals surface area contributed by atoms with Crippen LogP contribution in [-0.2, 0) is 4.79 Å². The number of thiazole rings is 1. The van der Waals surface area contributed by atoms with Gasteiger partial charge in [0, 0.05) is 5.38 Å². The number of carbonyl (C=O) groups is 1. The molecule has 0 aliphatic rings. The summed E-state index contributed by atoms with van der Waals surface area (Å²) in [5.74, 6) is -0.0327. The number of anilines is 1. The van der Waals surface area contributed by atoms with Crippen molar-refractivity contribution in [2.75, 3.05) is 5.32 Å². The lowest BCUT2D eigenvalue weighted by Gasteiger charge is -2.11. The summed E-state index contributed by atoms with van der Waals surface area (Å²) >= 11 is 4.40. The molecule has 0 saturated carbocycles. The monoisotopic (exact) mass is 314 g/mol. The fourth-order valence-corrected chi connectivity index (χ4v) is 4.04. The summed E-state index contributed by atoms with van der Waals surface area (Å²) in [4.78, 5) is 16.4. The number of thioether (sulfide) groups is 1. The lowest BCUT2D eigenvalue weighted by molar-refractivity contribution is -0.115. The molecule has 0 aliphatic carbocycles. The van der Waals surface area contributed by atoms with Gasteiger partial charge in [0.1, 0.15) is 5.01 Å². The zero-order chi connectivity index (χ0) is 13.8. The van der Waals surface area contributed by atoms with Crippen LogP contribution in [0.15, 0.2) is 9.72 Å². The fourth-order valence-electron chi connectivity index (χ4n) is 1.37. The van der Waals surface area contributed by atoms with Crippen molar-refractivity contribution in [1.82, 2.24) is 15.2 Å². The zero-order valence-corrected chi connectivity index (χ0v) is 13.3. The van der Waals surface area contributed by atoms with Crippen LogP contribution in [0.1, 0.15) is 24.0 Å². The number of nitrogens with one attached hydrogen (secondary N) is 1. The second-order valence-corrected chi connectivity index (χ2v) is 7.37. The second kappa shape index (κ2) is 6.44. The fraction of sp³-hybridized carbons (Fsp3) is 0.455. The molecule has 2 aromatic heterocycles. The van der Waals surface area contributed by atoms with Gasteiger partial charge in [-0.1, -0.05) is 30.0 Å². The van der Waals surface area contributed by atoms with Crippen molar-refractivity contribution in [1.29, 1.82) is 0 Å². The quantitative estimate of drug-likeness (QED) is 0.859. The maximum atomic E-state index is 12.2. The molecule has 0 saturated heterocycles. The van der Waals surface area contributed by atoms with Crippen LogP contribution in [0.4, 0.5) is 5.13 Å². The lowest BCUT2D eigenvalue weighted by Crippen LogP contribution is -2.24. The minimum atomic E-state index is -0.170. The molecule has 19 heavy (non-hydrogen) atoms. The molecule has 1 atom stereocenters. The molecule has 2 aromatic rings. The third-order valence-corrected chi connectivity index (χ3v) is 5.43. The molecule has 8 heteroatoms. The van der Waals surface area contributed by atoms with Crippen molar-refractivity contribution >= 4 is 45.5 Å². The van der Waals surface area contributed by atoms with Crippen LogP contribution in [0.3, 0.4) is 0 Å². The Kier molecular flexibility index (Phi) is 4.89. The number of aromatic nitrogens is 3. The number of aryl methyl sites for hydroxylation is 2. The summed E-state index contributed by atoms with van der Waals surface area (Å²) in [5, 5.41) is 14.1. The van der Waals surface area contributed by atoms with E-state index >= 15 is 0 Å². The minimum Gasteiger partial charge on any atom is -0.301 e. The molecule has 2 heterocycles. The van der Waals surface area contributed by atoms with Gasteiger partial charge in [0.2, 0.25) is 5.91 Å². The maximum Gasteiger partial charge on any atom is 0.239 e. The highest BCUT2D eigenvalue weighted by atomic mass is 32.2. The van der Waals surface area contributed by atoms with Crippen molar-refractivity contribution in [3.8, 4) is 0 Å². The van der Waals surface area contributed by atoms with Gasteiger partial charge in [-0.25, -0.2) is 4.98 Å². The third kappa shape index (κ3) is 3.99. The molecule has 2 rings (SSSR count). The van der Waals surface area contributed by atoms with E-state index in [9.17, 15) is 4.79 Å². The number of hydrogen-bond donors (Lipinski definition) is 1. The van der Waals surface area contributed by atoms with Gasteiger partial charge in [-0.15, -0.1) is 21.5 Å². The van der Waals surface area contributed by atoms with E-state index in [0.717, 1.165) is 21.5 Å². The lowest BCUT2D eigenvalue weighted by atomic mass is 10.3. The first kappa shape index (κ1) is 14.4. The largest absolute Gasteiger partial charge is 0.301 e. The first-order valence-electron chi connectivity index (χ1n) is 5.78. The predicted octanol–water partition coefficient (Wildman–Crippen LogP) is 3.12. The average molecular weight is 314 g/mol. The molecular weight excluding hydrogens is 300 g/mol. The normalized spacial score (nSPS) is 12.4. The van der Waals surface area contributed by atoms with E-state index in [2.05, 4.69) is 20.5 Å². The van der Waals surface area contributed by atoms with Crippen LogP contribution in [-0.4, -0.2) is 26.3 Å². The van der Waals surface area contributed by atoms with Gasteiger partial charge < -0.3 is 5.32 Å². The molecule has 1 unspecified atom stereocenters. The summed E-state index contributed by atoms with van der Waals surface area (Å²) in [6.07, 6.45) is 0.736. The molecule has 0 aromatic carbocycles. The van der Waals surface area contributed by atoms with Gasteiger partial charge in [-0.3, -0.25) is 4.79 Å². The second-order valence-electron chi connectivity index (χ2n) is 3.89. The Labute approximate surface area is 123 Å². The SMILES string of the molecule is CCC(Sc1nnc(C)s1)C(=O)Nc1nc(C)cs1. The van der Waals surface area contributed by atoms with Gasteiger partial charge in [-0.05, 0) is 20.3 Å².